The smallest absolute Gasteiger partial charge is 0.154 e. The van der Waals surface area contributed by atoms with Crippen LogP contribution in [0.2, 0.25) is 0 Å². The van der Waals surface area contributed by atoms with Crippen molar-refractivity contribution in [2.75, 3.05) is 5.75 Å². The number of thioether (sulfide) groups is 1. The molecule has 4 nitrogen and oxygen atoms in total. The van der Waals surface area contributed by atoms with Crippen LogP contribution in [0.5, 0.6) is 0 Å². The van der Waals surface area contributed by atoms with Gasteiger partial charge in [0.1, 0.15) is 6.33 Å². The van der Waals surface area contributed by atoms with Crippen molar-refractivity contribution in [3.8, 4) is 11.1 Å². The molecule has 0 saturated carbocycles. The second kappa shape index (κ2) is 5.07. The van der Waals surface area contributed by atoms with Gasteiger partial charge in [0.15, 0.2) is 5.17 Å². The zero-order chi connectivity index (χ0) is 12.4. The Morgan fingerprint density at radius 2 is 2.06 bits per heavy atom. The van der Waals surface area contributed by atoms with Crippen molar-refractivity contribution in [1.29, 1.82) is 0 Å². The minimum atomic E-state index is 0.217. The summed E-state index contributed by atoms with van der Waals surface area (Å²) in [6, 6.07) is 2.38. The topological polar surface area (TPSA) is 64.2 Å². The van der Waals surface area contributed by atoms with Gasteiger partial charge in [0.25, 0.3) is 0 Å². The van der Waals surface area contributed by atoms with Crippen molar-refractivity contribution in [3.63, 3.8) is 0 Å². The predicted octanol–water partition coefficient (Wildman–Crippen LogP) is 2.70. The third kappa shape index (κ3) is 2.39. The average molecular weight is 276 g/mol. The summed E-state index contributed by atoms with van der Waals surface area (Å²) in [7, 11) is 0. The van der Waals surface area contributed by atoms with Crippen LogP contribution in [0.4, 0.5) is 0 Å². The number of thiophene rings is 1. The number of rotatable bonds is 2. The number of amidine groups is 1. The van der Waals surface area contributed by atoms with Crippen LogP contribution < -0.4 is 5.73 Å². The summed E-state index contributed by atoms with van der Waals surface area (Å²) in [5.41, 5.74) is 7.98. The van der Waals surface area contributed by atoms with E-state index in [0.29, 0.717) is 5.17 Å². The molecule has 18 heavy (non-hydrogen) atoms. The van der Waals surface area contributed by atoms with Crippen molar-refractivity contribution >= 4 is 28.3 Å². The van der Waals surface area contributed by atoms with E-state index in [2.05, 4.69) is 26.4 Å². The fourth-order valence-electron chi connectivity index (χ4n) is 1.86. The van der Waals surface area contributed by atoms with Gasteiger partial charge in [-0.3, -0.25) is 4.99 Å². The summed E-state index contributed by atoms with van der Waals surface area (Å²) >= 11 is 3.36. The van der Waals surface area contributed by atoms with Gasteiger partial charge in [-0.2, -0.15) is 0 Å². The van der Waals surface area contributed by atoms with E-state index in [1.54, 1.807) is 29.4 Å². The molecule has 92 valence electrons. The fourth-order valence-corrected chi connectivity index (χ4v) is 3.61. The molecule has 0 spiro atoms. The first kappa shape index (κ1) is 11.7. The van der Waals surface area contributed by atoms with Crippen LogP contribution in [0, 0.1) is 0 Å². The molecular formula is C12H12N4S2. The second-order valence-corrected chi connectivity index (χ2v) is 6.04. The molecule has 0 radical (unpaired) electrons. The molecule has 0 bridgehead atoms. The molecular weight excluding hydrogens is 264 g/mol. The molecule has 1 atom stereocenters. The molecule has 2 aromatic rings. The number of hydrogen-bond donors (Lipinski definition) is 1. The summed E-state index contributed by atoms with van der Waals surface area (Å²) < 4.78 is 0. The van der Waals surface area contributed by atoms with Gasteiger partial charge in [0.2, 0.25) is 0 Å². The van der Waals surface area contributed by atoms with Crippen LogP contribution in [-0.2, 0) is 0 Å². The Balaban J connectivity index is 1.88. The summed E-state index contributed by atoms with van der Waals surface area (Å²) in [4.78, 5) is 13.8. The minimum Gasteiger partial charge on any atom is -0.379 e. The van der Waals surface area contributed by atoms with E-state index in [-0.39, 0.29) is 6.04 Å². The summed E-state index contributed by atoms with van der Waals surface area (Å²) in [6.45, 7) is 0. The molecule has 6 heteroatoms. The number of hydrogen-bond acceptors (Lipinski definition) is 6. The molecule has 2 aromatic heterocycles. The highest BCUT2D eigenvalue weighted by Gasteiger charge is 2.18. The van der Waals surface area contributed by atoms with E-state index in [1.165, 1.54) is 4.88 Å². The van der Waals surface area contributed by atoms with E-state index >= 15 is 0 Å². The zero-order valence-electron chi connectivity index (χ0n) is 9.61. The molecule has 1 unspecified atom stereocenters. The lowest BCUT2D eigenvalue weighted by molar-refractivity contribution is 0.717. The first-order valence-corrected chi connectivity index (χ1v) is 7.49. The summed E-state index contributed by atoms with van der Waals surface area (Å²) in [6.07, 6.45) is 6.25. The van der Waals surface area contributed by atoms with Crippen molar-refractivity contribution < 1.29 is 0 Å². The van der Waals surface area contributed by atoms with E-state index in [9.17, 15) is 0 Å². The van der Waals surface area contributed by atoms with Crippen LogP contribution in [0.3, 0.4) is 0 Å². The molecule has 3 rings (SSSR count). The molecule has 0 aromatic carbocycles. The van der Waals surface area contributed by atoms with Crippen LogP contribution in [0.1, 0.15) is 17.3 Å². The second-order valence-electron chi connectivity index (χ2n) is 3.99. The largest absolute Gasteiger partial charge is 0.379 e. The van der Waals surface area contributed by atoms with Crippen LogP contribution >= 0.6 is 23.1 Å². The van der Waals surface area contributed by atoms with Crippen LogP contribution in [0.25, 0.3) is 11.1 Å². The lowest BCUT2D eigenvalue weighted by Crippen LogP contribution is -2.15. The molecule has 2 N–H and O–H groups in total. The Hall–Kier alpha value is -1.40. The van der Waals surface area contributed by atoms with Gasteiger partial charge in [-0.05, 0) is 23.4 Å². The first-order valence-electron chi connectivity index (χ1n) is 5.63. The number of aliphatic imine (C=N–C) groups is 1. The highest BCUT2D eigenvalue weighted by Crippen LogP contribution is 2.35. The van der Waals surface area contributed by atoms with Crippen molar-refractivity contribution in [2.24, 2.45) is 10.7 Å². The highest BCUT2D eigenvalue weighted by atomic mass is 32.2. The maximum absolute atomic E-state index is 5.78. The minimum absolute atomic E-state index is 0.217. The molecule has 0 fully saturated rings. The number of nitrogens with two attached hydrogens (primary N) is 1. The molecule has 3 heterocycles. The highest BCUT2D eigenvalue weighted by molar-refractivity contribution is 8.13. The van der Waals surface area contributed by atoms with E-state index in [0.717, 1.165) is 23.3 Å². The third-order valence-electron chi connectivity index (χ3n) is 2.77. The Morgan fingerprint density at radius 3 is 2.83 bits per heavy atom. The quantitative estimate of drug-likeness (QED) is 0.916. The van der Waals surface area contributed by atoms with Gasteiger partial charge in [-0.1, -0.05) is 11.8 Å². The molecule has 1 aliphatic rings. The Kier molecular flexibility index (Phi) is 3.29. The Labute approximate surface area is 113 Å². The van der Waals surface area contributed by atoms with E-state index in [1.807, 2.05) is 12.4 Å². The predicted molar refractivity (Wildman–Crippen MR) is 76.8 cm³/mol. The van der Waals surface area contributed by atoms with Crippen molar-refractivity contribution in [3.05, 3.63) is 35.0 Å². The van der Waals surface area contributed by atoms with Gasteiger partial charge in [-0.15, -0.1) is 11.3 Å². The maximum atomic E-state index is 5.78. The van der Waals surface area contributed by atoms with Gasteiger partial charge >= 0.3 is 0 Å². The summed E-state index contributed by atoms with van der Waals surface area (Å²) in [5, 5.41) is 2.82. The molecule has 1 aliphatic heterocycles. The average Bonchev–Trinajstić information content (AvgIpc) is 2.89. The zero-order valence-corrected chi connectivity index (χ0v) is 11.2. The SMILES string of the molecule is NC1=NC(c2cc(-c3cncnc3)cs2)CCS1. The number of aromatic nitrogens is 2. The van der Waals surface area contributed by atoms with E-state index in [4.69, 9.17) is 5.73 Å². The van der Waals surface area contributed by atoms with Gasteiger partial charge in [0.05, 0.1) is 6.04 Å². The van der Waals surface area contributed by atoms with Crippen LogP contribution in [0.15, 0.2) is 35.2 Å². The van der Waals surface area contributed by atoms with Gasteiger partial charge in [0, 0.05) is 28.6 Å². The summed E-state index contributed by atoms with van der Waals surface area (Å²) in [5.74, 6) is 1.04. The maximum Gasteiger partial charge on any atom is 0.154 e. The lowest BCUT2D eigenvalue weighted by Gasteiger charge is -2.16. The van der Waals surface area contributed by atoms with Crippen LogP contribution in [-0.4, -0.2) is 20.9 Å². The fraction of sp³-hybridized carbons (Fsp3) is 0.250. The first-order chi connectivity index (χ1) is 8.83. The normalized spacial score (nSPS) is 19.6. The monoisotopic (exact) mass is 276 g/mol. The standard InChI is InChI=1S/C12H12N4S2/c13-12-16-10(1-2-17-12)11-3-8(6-18-11)9-4-14-7-15-5-9/h3-7,10H,1-2H2,(H2,13,16). The molecule has 0 saturated heterocycles. The van der Waals surface area contributed by atoms with Gasteiger partial charge in [-0.25, -0.2) is 9.97 Å². The molecule has 0 aliphatic carbocycles. The Bertz CT molecular complexity index is 564. The van der Waals surface area contributed by atoms with Gasteiger partial charge < -0.3 is 5.73 Å². The molecule has 0 amide bonds. The lowest BCUT2D eigenvalue weighted by atomic mass is 10.1. The van der Waals surface area contributed by atoms with Crippen molar-refractivity contribution in [1.82, 2.24) is 9.97 Å². The Morgan fingerprint density at radius 1 is 1.22 bits per heavy atom. The number of nitrogens with zero attached hydrogens (tertiary/aromatic N) is 3. The third-order valence-corrected chi connectivity index (χ3v) is 4.64. The van der Waals surface area contributed by atoms with E-state index < -0.39 is 0 Å². The van der Waals surface area contributed by atoms with Crippen molar-refractivity contribution in [2.45, 2.75) is 12.5 Å².